The number of amides is 1. The Hall–Kier alpha value is -2.07. The molecule has 3 aliphatic rings. The lowest BCUT2D eigenvalue weighted by molar-refractivity contribution is -0.157. The number of hydrogen-bond donors (Lipinski definition) is 3. The first-order valence-electron chi connectivity index (χ1n) is 10.4. The zero-order chi connectivity index (χ0) is 20.3. The minimum Gasteiger partial charge on any atom is -0.507 e. The van der Waals surface area contributed by atoms with Crippen LogP contribution in [0.2, 0.25) is 0 Å². The predicted molar refractivity (Wildman–Crippen MR) is 110 cm³/mol. The summed E-state index contributed by atoms with van der Waals surface area (Å²) in [5.41, 5.74) is 8.43. The second-order valence-corrected chi connectivity index (χ2v) is 9.42. The molecule has 28 heavy (non-hydrogen) atoms. The first-order chi connectivity index (χ1) is 13.2. The molecule has 2 saturated carbocycles. The van der Waals surface area contributed by atoms with Crippen LogP contribution in [-0.4, -0.2) is 21.7 Å². The first-order valence-corrected chi connectivity index (χ1v) is 10.4. The van der Waals surface area contributed by atoms with E-state index >= 15 is 0 Å². The van der Waals surface area contributed by atoms with Crippen molar-refractivity contribution < 1.29 is 15.0 Å². The SMILES string of the molecule is C=C1CC[C@@]2(O)[C@H]3Cc4ccc(C(N)=O)c(O)c4[C@@]2(CCC3CC=C(C)C)C1. The molecule has 3 aliphatic carbocycles. The molecule has 0 heterocycles. The van der Waals surface area contributed by atoms with Crippen LogP contribution in [0.5, 0.6) is 5.75 Å². The molecule has 1 aromatic rings. The van der Waals surface area contributed by atoms with Gasteiger partial charge in [0.15, 0.2) is 0 Å². The molecule has 4 rings (SSSR count). The summed E-state index contributed by atoms with van der Waals surface area (Å²) in [6.45, 7) is 8.46. The molecule has 1 aromatic carbocycles. The number of hydrogen-bond acceptors (Lipinski definition) is 3. The Labute approximate surface area is 167 Å². The summed E-state index contributed by atoms with van der Waals surface area (Å²) >= 11 is 0. The van der Waals surface area contributed by atoms with Gasteiger partial charge < -0.3 is 15.9 Å². The van der Waals surface area contributed by atoms with Crippen molar-refractivity contribution in [3.63, 3.8) is 0 Å². The number of phenols is 1. The smallest absolute Gasteiger partial charge is 0.252 e. The summed E-state index contributed by atoms with van der Waals surface area (Å²) in [6.07, 6.45) is 7.94. The van der Waals surface area contributed by atoms with E-state index in [1.807, 2.05) is 6.07 Å². The fraction of sp³-hybridized carbons (Fsp3) is 0.542. The van der Waals surface area contributed by atoms with E-state index in [0.29, 0.717) is 18.8 Å². The van der Waals surface area contributed by atoms with Crippen molar-refractivity contribution in [3.05, 3.63) is 52.6 Å². The Kier molecular flexibility index (Phi) is 4.46. The molecule has 4 nitrogen and oxygen atoms in total. The van der Waals surface area contributed by atoms with Gasteiger partial charge in [0.1, 0.15) is 5.75 Å². The third-order valence-electron chi connectivity index (χ3n) is 7.64. The van der Waals surface area contributed by atoms with Crippen LogP contribution < -0.4 is 5.73 Å². The molecular formula is C24H31NO3. The van der Waals surface area contributed by atoms with Gasteiger partial charge in [0.05, 0.1) is 11.2 Å². The molecule has 150 valence electrons. The molecule has 0 spiro atoms. The zero-order valence-corrected chi connectivity index (χ0v) is 16.9. The van der Waals surface area contributed by atoms with E-state index in [1.54, 1.807) is 6.07 Å². The number of aliphatic hydroxyl groups is 1. The summed E-state index contributed by atoms with van der Waals surface area (Å²) in [6, 6.07) is 3.57. The van der Waals surface area contributed by atoms with E-state index in [4.69, 9.17) is 5.73 Å². The summed E-state index contributed by atoms with van der Waals surface area (Å²) in [7, 11) is 0. The largest absolute Gasteiger partial charge is 0.507 e. The Morgan fingerprint density at radius 2 is 2.11 bits per heavy atom. The van der Waals surface area contributed by atoms with Gasteiger partial charge in [-0.2, -0.15) is 0 Å². The van der Waals surface area contributed by atoms with Crippen molar-refractivity contribution in [2.24, 2.45) is 17.6 Å². The van der Waals surface area contributed by atoms with Gasteiger partial charge in [0.2, 0.25) is 0 Å². The first kappa shape index (κ1) is 19.3. The molecular weight excluding hydrogens is 350 g/mol. The molecule has 1 amide bonds. The average molecular weight is 382 g/mol. The summed E-state index contributed by atoms with van der Waals surface area (Å²) < 4.78 is 0. The van der Waals surface area contributed by atoms with Crippen LogP contribution >= 0.6 is 0 Å². The lowest BCUT2D eigenvalue weighted by Crippen LogP contribution is -2.65. The Morgan fingerprint density at radius 1 is 1.36 bits per heavy atom. The lowest BCUT2D eigenvalue weighted by atomic mass is 9.43. The summed E-state index contributed by atoms with van der Waals surface area (Å²) in [5, 5.41) is 23.2. The number of fused-ring (bicyclic) bond motifs is 1. The molecule has 4 atom stereocenters. The molecule has 2 bridgehead atoms. The Morgan fingerprint density at radius 3 is 2.79 bits per heavy atom. The second kappa shape index (κ2) is 6.48. The van der Waals surface area contributed by atoms with Crippen molar-refractivity contribution in [3.8, 4) is 5.75 Å². The fourth-order valence-electron chi connectivity index (χ4n) is 6.35. The molecule has 1 unspecified atom stereocenters. The third kappa shape index (κ3) is 2.57. The highest BCUT2D eigenvalue weighted by atomic mass is 16.3. The maximum Gasteiger partial charge on any atom is 0.252 e. The van der Waals surface area contributed by atoms with Gasteiger partial charge in [0, 0.05) is 11.0 Å². The third-order valence-corrected chi connectivity index (χ3v) is 7.64. The van der Waals surface area contributed by atoms with Crippen molar-refractivity contribution in [1.29, 1.82) is 0 Å². The minimum atomic E-state index is -0.882. The van der Waals surface area contributed by atoms with Crippen LogP contribution in [0.15, 0.2) is 35.9 Å². The highest BCUT2D eigenvalue weighted by Gasteiger charge is 2.64. The van der Waals surface area contributed by atoms with Gasteiger partial charge >= 0.3 is 0 Å². The highest BCUT2D eigenvalue weighted by molar-refractivity contribution is 5.96. The van der Waals surface area contributed by atoms with Crippen LogP contribution in [0.25, 0.3) is 0 Å². The number of nitrogens with two attached hydrogens (primary N) is 1. The van der Waals surface area contributed by atoms with E-state index in [1.165, 1.54) is 5.57 Å². The standard InChI is InChI=1S/C24H31NO3/c1-14(2)4-5-16-9-10-23-13-15(3)8-11-24(23,28)19(16)12-17-6-7-18(22(25)27)21(26)20(17)23/h4,6-7,16,19,26,28H,3,5,8-13H2,1-2H3,(H2,25,27)/t16?,19-,23+,24+/m0/s1. The van der Waals surface area contributed by atoms with Gasteiger partial charge in [-0.15, -0.1) is 0 Å². The second-order valence-electron chi connectivity index (χ2n) is 9.42. The van der Waals surface area contributed by atoms with Gasteiger partial charge in [-0.1, -0.05) is 29.9 Å². The number of primary amides is 1. The van der Waals surface area contributed by atoms with Crippen molar-refractivity contribution in [2.45, 2.75) is 69.8 Å². The molecule has 4 heteroatoms. The van der Waals surface area contributed by atoms with Crippen molar-refractivity contribution in [1.82, 2.24) is 0 Å². The van der Waals surface area contributed by atoms with E-state index < -0.39 is 16.9 Å². The molecule has 4 N–H and O–H groups in total. The van der Waals surface area contributed by atoms with Crippen LogP contribution in [0, 0.1) is 11.8 Å². The molecule has 0 aromatic heterocycles. The van der Waals surface area contributed by atoms with Crippen LogP contribution in [-0.2, 0) is 11.8 Å². The summed E-state index contributed by atoms with van der Waals surface area (Å²) in [5.74, 6) is -0.0876. The molecule has 0 saturated heterocycles. The average Bonchev–Trinajstić information content (AvgIpc) is 2.61. The molecule has 0 aliphatic heterocycles. The Bertz CT molecular complexity index is 882. The summed E-state index contributed by atoms with van der Waals surface area (Å²) in [4.78, 5) is 11.9. The maximum absolute atomic E-state index is 12.1. The normalized spacial score (nSPS) is 33.6. The molecule has 2 fully saturated rings. The minimum absolute atomic E-state index is 0.0284. The van der Waals surface area contributed by atoms with Crippen LogP contribution in [0.4, 0.5) is 0 Å². The molecule has 0 radical (unpaired) electrons. The van der Waals surface area contributed by atoms with Crippen molar-refractivity contribution in [2.75, 3.05) is 0 Å². The topological polar surface area (TPSA) is 83.5 Å². The van der Waals surface area contributed by atoms with Gasteiger partial charge in [-0.05, 0) is 82.3 Å². The van der Waals surface area contributed by atoms with Gasteiger partial charge in [-0.25, -0.2) is 0 Å². The predicted octanol–water partition coefficient (Wildman–Crippen LogP) is 4.14. The van der Waals surface area contributed by atoms with Gasteiger partial charge in [-0.3, -0.25) is 4.79 Å². The quantitative estimate of drug-likeness (QED) is 0.688. The van der Waals surface area contributed by atoms with Crippen LogP contribution in [0.3, 0.4) is 0 Å². The zero-order valence-electron chi connectivity index (χ0n) is 16.9. The van der Waals surface area contributed by atoms with Crippen LogP contribution in [0.1, 0.15) is 73.9 Å². The number of benzene rings is 1. The van der Waals surface area contributed by atoms with E-state index in [9.17, 15) is 15.0 Å². The lowest BCUT2D eigenvalue weighted by Gasteiger charge is -2.63. The van der Waals surface area contributed by atoms with E-state index in [0.717, 1.165) is 48.8 Å². The number of rotatable bonds is 3. The van der Waals surface area contributed by atoms with Crippen molar-refractivity contribution >= 4 is 5.91 Å². The van der Waals surface area contributed by atoms with E-state index in [-0.39, 0.29) is 17.2 Å². The van der Waals surface area contributed by atoms with Gasteiger partial charge in [0.25, 0.3) is 5.91 Å². The number of carbonyl (C=O) groups excluding carboxylic acids is 1. The maximum atomic E-state index is 12.1. The Balaban J connectivity index is 1.90. The fourth-order valence-corrected chi connectivity index (χ4v) is 6.35. The van der Waals surface area contributed by atoms with E-state index in [2.05, 4.69) is 26.5 Å². The number of carbonyl (C=O) groups is 1. The number of allylic oxidation sites excluding steroid dienone is 3. The number of aromatic hydroxyl groups is 1. The monoisotopic (exact) mass is 381 g/mol. The highest BCUT2D eigenvalue weighted by Crippen LogP contribution is 2.65.